The van der Waals surface area contributed by atoms with Crippen molar-refractivity contribution in [3.8, 4) is 0 Å². The van der Waals surface area contributed by atoms with Gasteiger partial charge in [-0.2, -0.15) is 0 Å². The average Bonchev–Trinajstić information content (AvgIpc) is 2.56. The Bertz CT molecular complexity index is 691. The van der Waals surface area contributed by atoms with Gasteiger partial charge in [0.25, 0.3) is 0 Å². The molecule has 0 aliphatic rings. The van der Waals surface area contributed by atoms with Crippen molar-refractivity contribution >= 4 is 17.5 Å². The Hall–Kier alpha value is -2.62. The van der Waals surface area contributed by atoms with Gasteiger partial charge < -0.3 is 10.2 Å². The number of hydrogen-bond donors (Lipinski definition) is 1. The van der Waals surface area contributed by atoms with Crippen molar-refractivity contribution in [1.29, 1.82) is 0 Å². The molecule has 2 amide bonds. The summed E-state index contributed by atoms with van der Waals surface area (Å²) < 4.78 is 0. The second-order valence-corrected chi connectivity index (χ2v) is 5.97. The Morgan fingerprint density at radius 2 is 1.46 bits per heavy atom. The number of rotatable bonds is 6. The van der Waals surface area contributed by atoms with Gasteiger partial charge in [0.15, 0.2) is 0 Å². The molecule has 4 nitrogen and oxygen atoms in total. The van der Waals surface area contributed by atoms with Gasteiger partial charge in [-0.15, -0.1) is 0 Å². The van der Waals surface area contributed by atoms with Crippen LogP contribution in [0.4, 0.5) is 5.69 Å². The first kappa shape index (κ1) is 17.7. The zero-order valence-corrected chi connectivity index (χ0v) is 14.5. The number of carbonyl (C=O) groups excluding carboxylic acids is 2. The minimum absolute atomic E-state index is 0.0712. The third kappa shape index (κ3) is 5.23. The van der Waals surface area contributed by atoms with Crippen molar-refractivity contribution in [2.24, 2.45) is 0 Å². The molecule has 0 spiro atoms. The van der Waals surface area contributed by atoms with Gasteiger partial charge >= 0.3 is 0 Å². The second-order valence-electron chi connectivity index (χ2n) is 5.97. The lowest BCUT2D eigenvalue weighted by molar-refractivity contribution is -0.129. The zero-order chi connectivity index (χ0) is 17.5. The number of nitrogens with one attached hydrogen (secondary N) is 1. The molecule has 0 unspecified atom stereocenters. The predicted molar refractivity (Wildman–Crippen MR) is 96.7 cm³/mol. The van der Waals surface area contributed by atoms with Crippen molar-refractivity contribution in [1.82, 2.24) is 4.90 Å². The Kier molecular flexibility index (Phi) is 6.13. The molecule has 0 saturated heterocycles. The van der Waals surface area contributed by atoms with Crippen LogP contribution in [-0.4, -0.2) is 23.8 Å². The monoisotopic (exact) mass is 324 g/mol. The maximum absolute atomic E-state index is 12.4. The van der Waals surface area contributed by atoms with Crippen LogP contribution >= 0.6 is 0 Å². The molecule has 0 aromatic heterocycles. The van der Waals surface area contributed by atoms with Crippen LogP contribution in [0, 0.1) is 0 Å². The number of benzene rings is 2. The van der Waals surface area contributed by atoms with E-state index in [1.165, 1.54) is 12.5 Å². The molecule has 1 N–H and O–H groups in total. The number of nitrogens with zero attached hydrogens (tertiary/aromatic N) is 1. The fraction of sp³-hybridized carbons (Fsp3) is 0.300. The maximum Gasteiger partial charge on any atom is 0.227 e. The Balaban J connectivity index is 1.91. The minimum Gasteiger partial charge on any atom is -0.341 e. The molecule has 2 rings (SSSR count). The van der Waals surface area contributed by atoms with Gasteiger partial charge in [-0.05, 0) is 35.2 Å². The molecule has 0 heterocycles. The lowest BCUT2D eigenvalue weighted by Gasteiger charge is -2.17. The number of likely N-dealkylation sites (N-methyl/N-ethyl adjacent to an activating group) is 1. The first-order valence-corrected chi connectivity index (χ1v) is 8.16. The van der Waals surface area contributed by atoms with Gasteiger partial charge in [-0.25, -0.2) is 0 Å². The molecule has 126 valence electrons. The van der Waals surface area contributed by atoms with Crippen molar-refractivity contribution in [2.45, 2.75) is 33.2 Å². The Morgan fingerprint density at radius 1 is 0.917 bits per heavy atom. The van der Waals surface area contributed by atoms with E-state index in [0.29, 0.717) is 13.0 Å². The molecule has 4 heteroatoms. The predicted octanol–water partition coefficient (Wildman–Crippen LogP) is 3.41. The average molecular weight is 324 g/mol. The standard InChI is InChI=1S/C20H24N2O2/c1-4-16-5-7-18(8-6-16)14-22(3)20(24)13-17-9-11-19(12-10-17)21-15(2)23/h5-12H,4,13-14H2,1-3H3,(H,21,23). The van der Waals surface area contributed by atoms with Crippen LogP contribution in [0.2, 0.25) is 0 Å². The highest BCUT2D eigenvalue weighted by molar-refractivity contribution is 5.88. The molecule has 0 radical (unpaired) electrons. The normalized spacial score (nSPS) is 10.3. The van der Waals surface area contributed by atoms with Gasteiger partial charge in [0.1, 0.15) is 0 Å². The summed E-state index contributed by atoms with van der Waals surface area (Å²) >= 11 is 0. The Morgan fingerprint density at radius 3 is 2.00 bits per heavy atom. The van der Waals surface area contributed by atoms with E-state index < -0.39 is 0 Å². The molecule has 2 aromatic carbocycles. The number of amides is 2. The first-order valence-electron chi connectivity index (χ1n) is 8.16. The summed E-state index contributed by atoms with van der Waals surface area (Å²) in [5.41, 5.74) is 4.10. The van der Waals surface area contributed by atoms with E-state index in [9.17, 15) is 9.59 Å². The quantitative estimate of drug-likeness (QED) is 0.885. The highest BCUT2D eigenvalue weighted by Crippen LogP contribution is 2.12. The lowest BCUT2D eigenvalue weighted by Crippen LogP contribution is -2.27. The highest BCUT2D eigenvalue weighted by atomic mass is 16.2. The van der Waals surface area contributed by atoms with Crippen LogP contribution < -0.4 is 5.32 Å². The van der Waals surface area contributed by atoms with Crippen LogP contribution in [0.1, 0.15) is 30.5 Å². The van der Waals surface area contributed by atoms with Gasteiger partial charge in [0.2, 0.25) is 11.8 Å². The van der Waals surface area contributed by atoms with Gasteiger partial charge in [-0.1, -0.05) is 43.3 Å². The zero-order valence-electron chi connectivity index (χ0n) is 14.5. The van der Waals surface area contributed by atoms with Crippen molar-refractivity contribution in [3.05, 3.63) is 65.2 Å². The first-order chi connectivity index (χ1) is 11.5. The largest absolute Gasteiger partial charge is 0.341 e. The highest BCUT2D eigenvalue weighted by Gasteiger charge is 2.10. The third-order valence-electron chi connectivity index (χ3n) is 3.91. The van der Waals surface area contributed by atoms with E-state index in [2.05, 4.69) is 36.5 Å². The molecule has 0 aliphatic carbocycles. The van der Waals surface area contributed by atoms with Crippen LogP contribution in [0.5, 0.6) is 0 Å². The van der Waals surface area contributed by atoms with Crippen molar-refractivity contribution < 1.29 is 9.59 Å². The summed E-state index contributed by atoms with van der Waals surface area (Å²) in [4.78, 5) is 25.1. The molecule has 24 heavy (non-hydrogen) atoms. The van der Waals surface area contributed by atoms with Crippen LogP contribution in [-0.2, 0) is 29.0 Å². The van der Waals surface area contributed by atoms with E-state index in [4.69, 9.17) is 0 Å². The Labute approximate surface area is 143 Å². The minimum atomic E-state index is -0.104. The fourth-order valence-corrected chi connectivity index (χ4v) is 2.46. The molecule has 0 aliphatic heterocycles. The number of anilines is 1. The summed E-state index contributed by atoms with van der Waals surface area (Å²) in [6, 6.07) is 15.7. The van der Waals surface area contributed by atoms with E-state index in [1.807, 2.05) is 31.3 Å². The van der Waals surface area contributed by atoms with Crippen LogP contribution in [0.15, 0.2) is 48.5 Å². The molecular formula is C20H24N2O2. The van der Waals surface area contributed by atoms with E-state index in [-0.39, 0.29) is 11.8 Å². The lowest BCUT2D eigenvalue weighted by atomic mass is 10.1. The molecule has 0 atom stereocenters. The molecule has 0 saturated carbocycles. The summed E-state index contributed by atoms with van der Waals surface area (Å²) in [5.74, 6) is -0.0329. The summed E-state index contributed by atoms with van der Waals surface area (Å²) in [7, 11) is 1.82. The molecule has 2 aromatic rings. The van der Waals surface area contributed by atoms with Gasteiger partial charge in [0.05, 0.1) is 6.42 Å². The summed E-state index contributed by atoms with van der Waals surface area (Å²) in [5, 5.41) is 2.72. The number of hydrogen-bond acceptors (Lipinski definition) is 2. The van der Waals surface area contributed by atoms with Gasteiger partial charge in [0, 0.05) is 26.2 Å². The SMILES string of the molecule is CCc1ccc(CN(C)C(=O)Cc2ccc(NC(C)=O)cc2)cc1. The number of carbonyl (C=O) groups is 2. The van der Waals surface area contributed by atoms with Crippen LogP contribution in [0.25, 0.3) is 0 Å². The van der Waals surface area contributed by atoms with Crippen molar-refractivity contribution in [3.63, 3.8) is 0 Å². The maximum atomic E-state index is 12.4. The summed E-state index contributed by atoms with van der Waals surface area (Å²) in [6.07, 6.45) is 1.37. The molecule has 0 bridgehead atoms. The van der Waals surface area contributed by atoms with Crippen molar-refractivity contribution in [2.75, 3.05) is 12.4 Å². The molecule has 0 fully saturated rings. The van der Waals surface area contributed by atoms with E-state index in [1.54, 1.807) is 4.90 Å². The van der Waals surface area contributed by atoms with E-state index >= 15 is 0 Å². The second kappa shape index (κ2) is 8.29. The van der Waals surface area contributed by atoms with Crippen LogP contribution in [0.3, 0.4) is 0 Å². The number of aryl methyl sites for hydroxylation is 1. The smallest absolute Gasteiger partial charge is 0.227 e. The topological polar surface area (TPSA) is 49.4 Å². The molecular weight excluding hydrogens is 300 g/mol. The van der Waals surface area contributed by atoms with Gasteiger partial charge in [-0.3, -0.25) is 9.59 Å². The fourth-order valence-electron chi connectivity index (χ4n) is 2.46. The van der Waals surface area contributed by atoms with E-state index in [0.717, 1.165) is 23.2 Å². The summed E-state index contributed by atoms with van der Waals surface area (Å²) in [6.45, 7) is 4.20. The third-order valence-corrected chi connectivity index (χ3v) is 3.91.